The van der Waals surface area contributed by atoms with E-state index in [4.69, 9.17) is 4.52 Å². The Morgan fingerprint density at radius 1 is 0.481 bits per heavy atom. The summed E-state index contributed by atoms with van der Waals surface area (Å²) in [6.45, 7) is 2.10. The topological polar surface area (TPSA) is 9.23 Å². The van der Waals surface area contributed by atoms with E-state index >= 15 is 0 Å². The lowest BCUT2D eigenvalue weighted by Crippen LogP contribution is -2.34. The Bertz CT molecular complexity index is 901. The van der Waals surface area contributed by atoms with E-state index < -0.39 is 7.49 Å². The third kappa shape index (κ3) is 3.39. The third-order valence-electron chi connectivity index (χ3n) is 4.69. The van der Waals surface area contributed by atoms with Crippen molar-refractivity contribution in [3.05, 3.63) is 121 Å². The van der Waals surface area contributed by atoms with Gasteiger partial charge in [-0.25, -0.2) is 0 Å². The summed E-state index contributed by atoms with van der Waals surface area (Å²) in [5, 5.41) is 3.64. The molecule has 0 radical (unpaired) electrons. The quantitative estimate of drug-likeness (QED) is 0.435. The highest BCUT2D eigenvalue weighted by Crippen LogP contribution is 2.56. The first kappa shape index (κ1) is 17.5. The molecule has 4 aromatic carbocycles. The minimum Gasteiger partial charge on any atom is -0.334 e. The zero-order valence-corrected chi connectivity index (χ0v) is 16.2. The number of para-hydroxylation sites is 1. The predicted octanol–water partition coefficient (Wildman–Crippen LogP) is 5.28. The van der Waals surface area contributed by atoms with Crippen LogP contribution in [0.3, 0.4) is 0 Å². The molecule has 0 aromatic heterocycles. The van der Waals surface area contributed by atoms with E-state index in [2.05, 4.69) is 116 Å². The average Bonchev–Trinajstić information content (AvgIpc) is 2.75. The van der Waals surface area contributed by atoms with E-state index in [0.717, 1.165) is 11.3 Å². The summed E-state index contributed by atoms with van der Waals surface area (Å²) >= 11 is 0. The summed E-state index contributed by atoms with van der Waals surface area (Å²) in [6.07, 6.45) is 0. The zero-order valence-electron chi connectivity index (χ0n) is 15.3. The Hall–Kier alpha value is -2.89. The van der Waals surface area contributed by atoms with Gasteiger partial charge in [0.25, 0.3) is 7.49 Å². The van der Waals surface area contributed by atoms with Crippen molar-refractivity contribution in [1.29, 1.82) is 0 Å². The van der Waals surface area contributed by atoms with Crippen LogP contribution in [0.2, 0.25) is 0 Å². The Balaban J connectivity index is 2.02. The largest absolute Gasteiger partial charge is 0.334 e. The summed E-state index contributed by atoms with van der Waals surface area (Å²) in [6, 6.07) is 40.1. The maximum atomic E-state index is 7.00. The molecule has 0 atom stereocenters. The van der Waals surface area contributed by atoms with E-state index in [1.165, 1.54) is 15.9 Å². The van der Waals surface area contributed by atoms with Crippen molar-refractivity contribution in [3.63, 3.8) is 0 Å². The van der Waals surface area contributed by atoms with Gasteiger partial charge in [0.1, 0.15) is 15.9 Å². The molecule has 0 aliphatic carbocycles. The van der Waals surface area contributed by atoms with Gasteiger partial charge in [0.2, 0.25) is 0 Å². The second-order valence-electron chi connectivity index (χ2n) is 6.47. The molecule has 0 aliphatic rings. The third-order valence-corrected chi connectivity index (χ3v) is 8.23. The average molecular weight is 369 g/mol. The molecule has 132 valence electrons. The second-order valence-corrected chi connectivity index (χ2v) is 9.42. The highest BCUT2D eigenvalue weighted by atomic mass is 31.2. The lowest BCUT2D eigenvalue weighted by molar-refractivity contribution is 0.614. The van der Waals surface area contributed by atoms with Gasteiger partial charge in [-0.2, -0.15) is 0 Å². The fraction of sp³-hybridized carbons (Fsp3) is 0.0400. The van der Waals surface area contributed by atoms with Crippen LogP contribution in [0.25, 0.3) is 0 Å². The molecule has 1 nitrogen and oxygen atoms in total. The fourth-order valence-corrected chi connectivity index (χ4v) is 6.81. The fourth-order valence-electron chi connectivity index (χ4n) is 3.33. The number of hydrogen-bond donors (Lipinski definition) is 0. The summed E-state index contributed by atoms with van der Waals surface area (Å²) in [7, 11) is -2.30. The second kappa shape index (κ2) is 7.78. The van der Waals surface area contributed by atoms with Crippen LogP contribution in [0.15, 0.2) is 115 Å². The molecule has 0 spiro atoms. The number of benzene rings is 4. The number of hydrogen-bond acceptors (Lipinski definition) is 1. The van der Waals surface area contributed by atoms with Crippen LogP contribution in [0.1, 0.15) is 5.56 Å². The Kier molecular flexibility index (Phi) is 5.05. The van der Waals surface area contributed by atoms with E-state index in [9.17, 15) is 0 Å². The maximum Gasteiger partial charge on any atom is 0.287 e. The molecule has 0 saturated heterocycles. The molecule has 0 fully saturated rings. The Labute approximate surface area is 161 Å². The molecule has 0 N–H and O–H groups in total. The minimum atomic E-state index is -2.30. The zero-order chi connectivity index (χ0) is 18.5. The van der Waals surface area contributed by atoms with E-state index in [0.29, 0.717) is 0 Å². The minimum absolute atomic E-state index is 0.933. The lowest BCUT2D eigenvalue weighted by atomic mass is 10.2. The van der Waals surface area contributed by atoms with Gasteiger partial charge in [-0.15, -0.1) is 0 Å². The first-order chi connectivity index (χ1) is 13.3. The van der Waals surface area contributed by atoms with Crippen molar-refractivity contribution in [2.24, 2.45) is 0 Å². The molecule has 0 saturated carbocycles. The maximum absolute atomic E-state index is 7.00. The van der Waals surface area contributed by atoms with Gasteiger partial charge in [-0.1, -0.05) is 72.8 Å². The first-order valence-corrected chi connectivity index (χ1v) is 10.8. The SMILES string of the molecule is Cc1ccccc1O[P+](c1ccccc1)(c1ccccc1)c1ccccc1. The van der Waals surface area contributed by atoms with Crippen molar-refractivity contribution in [2.45, 2.75) is 6.92 Å². The number of rotatable bonds is 5. The normalized spacial score (nSPS) is 11.1. The molecule has 0 aliphatic heterocycles. The van der Waals surface area contributed by atoms with Crippen LogP contribution >= 0.6 is 7.49 Å². The van der Waals surface area contributed by atoms with Crippen LogP contribution in [-0.2, 0) is 0 Å². The van der Waals surface area contributed by atoms with E-state index in [1.54, 1.807) is 0 Å². The molecular weight excluding hydrogens is 347 g/mol. The van der Waals surface area contributed by atoms with Gasteiger partial charge in [-0.05, 0) is 55.0 Å². The highest BCUT2D eigenvalue weighted by Gasteiger charge is 2.49. The van der Waals surface area contributed by atoms with Gasteiger partial charge in [0.05, 0.1) is 0 Å². The van der Waals surface area contributed by atoms with Crippen molar-refractivity contribution in [3.8, 4) is 5.75 Å². The van der Waals surface area contributed by atoms with E-state index in [-0.39, 0.29) is 0 Å². The summed E-state index contributed by atoms with van der Waals surface area (Å²) in [5.41, 5.74) is 1.14. The molecule has 4 aromatic rings. The van der Waals surface area contributed by atoms with Crippen molar-refractivity contribution in [1.82, 2.24) is 0 Å². The van der Waals surface area contributed by atoms with Crippen LogP contribution in [0.5, 0.6) is 5.75 Å². The van der Waals surface area contributed by atoms with Crippen molar-refractivity contribution in [2.75, 3.05) is 0 Å². The summed E-state index contributed by atoms with van der Waals surface area (Å²) in [5.74, 6) is 0.933. The standard InChI is InChI=1S/C25H22OP/c1-21-13-11-12-20-25(21)26-27(22-14-5-2-6-15-22,23-16-7-3-8-17-23)24-18-9-4-10-19-24/h2-20H,1H3/q+1. The first-order valence-electron chi connectivity index (χ1n) is 9.12. The van der Waals surface area contributed by atoms with Gasteiger partial charge >= 0.3 is 0 Å². The molecule has 27 heavy (non-hydrogen) atoms. The van der Waals surface area contributed by atoms with Gasteiger partial charge in [0, 0.05) is 0 Å². The monoisotopic (exact) mass is 369 g/mol. The molecule has 0 unspecified atom stereocenters. The highest BCUT2D eigenvalue weighted by molar-refractivity contribution is 7.92. The molecule has 0 bridgehead atoms. The molecular formula is C25H22OP+. The molecule has 0 amide bonds. The Morgan fingerprint density at radius 2 is 0.852 bits per heavy atom. The van der Waals surface area contributed by atoms with Gasteiger partial charge < -0.3 is 4.52 Å². The molecule has 0 heterocycles. The van der Waals surface area contributed by atoms with Crippen molar-refractivity contribution < 1.29 is 4.52 Å². The van der Waals surface area contributed by atoms with Crippen molar-refractivity contribution >= 4 is 23.4 Å². The van der Waals surface area contributed by atoms with Crippen LogP contribution in [0, 0.1) is 6.92 Å². The number of aryl methyl sites for hydroxylation is 1. The summed E-state index contributed by atoms with van der Waals surface area (Å²) < 4.78 is 7.00. The lowest BCUT2D eigenvalue weighted by Gasteiger charge is -2.26. The molecule has 4 rings (SSSR count). The smallest absolute Gasteiger partial charge is 0.287 e. The summed E-state index contributed by atoms with van der Waals surface area (Å²) in [4.78, 5) is 0. The predicted molar refractivity (Wildman–Crippen MR) is 117 cm³/mol. The molecule has 2 heteroatoms. The van der Waals surface area contributed by atoms with Gasteiger partial charge in [-0.3, -0.25) is 0 Å². The van der Waals surface area contributed by atoms with Crippen LogP contribution in [0.4, 0.5) is 0 Å². The van der Waals surface area contributed by atoms with Crippen LogP contribution < -0.4 is 20.4 Å². The van der Waals surface area contributed by atoms with E-state index in [1.807, 2.05) is 6.07 Å². The van der Waals surface area contributed by atoms with Gasteiger partial charge in [0.15, 0.2) is 5.75 Å². The Morgan fingerprint density at radius 3 is 1.26 bits per heavy atom. The van der Waals surface area contributed by atoms with Crippen LogP contribution in [-0.4, -0.2) is 0 Å².